The van der Waals surface area contributed by atoms with E-state index in [2.05, 4.69) is 6.58 Å². The summed E-state index contributed by atoms with van der Waals surface area (Å²) in [5.74, 6) is 0.00954. The molecule has 1 atom stereocenters. The zero-order chi connectivity index (χ0) is 10.0. The summed E-state index contributed by atoms with van der Waals surface area (Å²) in [5, 5.41) is 0. The molecule has 1 saturated heterocycles. The van der Waals surface area contributed by atoms with Crippen LogP contribution in [0, 0.1) is 0 Å². The Hall–Kier alpha value is -0.990. The monoisotopic (exact) mass is 185 g/mol. The van der Waals surface area contributed by atoms with Crippen molar-refractivity contribution in [3.63, 3.8) is 0 Å². The Labute approximate surface area is 78.7 Å². The fourth-order valence-corrected chi connectivity index (χ4v) is 1.57. The summed E-state index contributed by atoms with van der Waals surface area (Å²) in [7, 11) is 0. The van der Waals surface area contributed by atoms with Crippen LogP contribution in [0.25, 0.3) is 0 Å². The zero-order valence-corrected chi connectivity index (χ0v) is 8.43. The number of ether oxygens (including phenoxy) is 1. The first-order chi connectivity index (χ1) is 6.07. The van der Waals surface area contributed by atoms with Gasteiger partial charge in [0.1, 0.15) is 12.4 Å². The van der Waals surface area contributed by atoms with E-state index < -0.39 is 0 Å². The van der Waals surface area contributed by atoms with E-state index in [4.69, 9.17) is 4.74 Å². The molecule has 74 valence electrons. The predicted molar refractivity (Wildman–Crippen MR) is 50.7 cm³/mol. The molecule has 1 rings (SSSR count). The van der Waals surface area contributed by atoms with E-state index in [1.54, 1.807) is 0 Å². The Morgan fingerprint density at radius 1 is 1.77 bits per heavy atom. The highest BCUT2D eigenvalue weighted by Crippen LogP contribution is 2.26. The average Bonchev–Trinajstić information content (AvgIpc) is 2.04. The second-order valence-electron chi connectivity index (χ2n) is 3.26. The largest absolute Gasteiger partial charge is 0.487 e. The standard InChI is InChI=1S/C10H16FNO/c1-5-12-7(2)6-13-10(8(3)11)9(12)4/h7H,4-6H2,1-3H3/b10-8-. The van der Waals surface area contributed by atoms with Gasteiger partial charge in [-0.25, -0.2) is 4.39 Å². The van der Waals surface area contributed by atoms with Crippen molar-refractivity contribution in [1.82, 2.24) is 4.90 Å². The number of hydrogen-bond acceptors (Lipinski definition) is 2. The third kappa shape index (κ3) is 1.85. The average molecular weight is 185 g/mol. The number of hydrogen-bond donors (Lipinski definition) is 0. The van der Waals surface area contributed by atoms with Gasteiger partial charge in [-0.05, 0) is 20.8 Å². The number of morpholine rings is 1. The number of halogens is 1. The second kappa shape index (κ2) is 3.81. The van der Waals surface area contributed by atoms with E-state index in [1.165, 1.54) is 6.92 Å². The highest BCUT2D eigenvalue weighted by atomic mass is 19.1. The first-order valence-corrected chi connectivity index (χ1v) is 4.53. The molecule has 0 aromatic rings. The van der Waals surface area contributed by atoms with Crippen molar-refractivity contribution in [2.24, 2.45) is 0 Å². The van der Waals surface area contributed by atoms with E-state index in [1.807, 2.05) is 18.7 Å². The molecule has 0 spiro atoms. The van der Waals surface area contributed by atoms with E-state index in [-0.39, 0.29) is 11.9 Å². The minimum absolute atomic E-state index is 0.278. The Morgan fingerprint density at radius 3 is 2.85 bits per heavy atom. The van der Waals surface area contributed by atoms with Crippen molar-refractivity contribution in [3.05, 3.63) is 23.9 Å². The maximum atomic E-state index is 12.9. The first-order valence-electron chi connectivity index (χ1n) is 4.53. The number of rotatable bonds is 1. The minimum Gasteiger partial charge on any atom is -0.487 e. The normalized spacial score (nSPS) is 27.2. The van der Waals surface area contributed by atoms with Crippen LogP contribution in [0.2, 0.25) is 0 Å². The van der Waals surface area contributed by atoms with Crippen LogP contribution in [0.4, 0.5) is 4.39 Å². The summed E-state index contributed by atoms with van der Waals surface area (Å²) >= 11 is 0. The van der Waals surface area contributed by atoms with Gasteiger partial charge in [0.25, 0.3) is 0 Å². The number of allylic oxidation sites excluding steroid dienone is 1. The van der Waals surface area contributed by atoms with Crippen LogP contribution in [0.3, 0.4) is 0 Å². The third-order valence-electron chi connectivity index (χ3n) is 2.26. The lowest BCUT2D eigenvalue weighted by Gasteiger charge is -2.37. The topological polar surface area (TPSA) is 12.5 Å². The molecule has 1 unspecified atom stereocenters. The smallest absolute Gasteiger partial charge is 0.173 e. The van der Waals surface area contributed by atoms with Crippen LogP contribution >= 0.6 is 0 Å². The zero-order valence-electron chi connectivity index (χ0n) is 8.43. The van der Waals surface area contributed by atoms with E-state index in [9.17, 15) is 4.39 Å². The predicted octanol–water partition coefficient (Wildman–Crippen LogP) is 2.44. The van der Waals surface area contributed by atoms with Gasteiger partial charge in [0.15, 0.2) is 5.76 Å². The molecule has 2 nitrogen and oxygen atoms in total. The molecule has 0 aromatic carbocycles. The molecule has 0 amide bonds. The highest BCUT2D eigenvalue weighted by molar-refractivity contribution is 5.26. The molecule has 0 bridgehead atoms. The Balaban J connectivity index is 2.88. The van der Waals surface area contributed by atoms with Crippen LogP contribution in [0.1, 0.15) is 20.8 Å². The minimum atomic E-state index is -0.296. The summed E-state index contributed by atoms with van der Waals surface area (Å²) in [6.45, 7) is 10.6. The maximum absolute atomic E-state index is 12.9. The molecule has 1 fully saturated rings. The van der Waals surface area contributed by atoms with Crippen molar-refractivity contribution in [2.75, 3.05) is 13.2 Å². The molecule has 3 heteroatoms. The lowest BCUT2D eigenvalue weighted by Crippen LogP contribution is -2.40. The summed E-state index contributed by atoms with van der Waals surface area (Å²) < 4.78 is 18.2. The second-order valence-corrected chi connectivity index (χ2v) is 3.26. The Bertz CT molecular complexity index is 243. The van der Waals surface area contributed by atoms with Crippen LogP contribution in [-0.4, -0.2) is 24.1 Å². The van der Waals surface area contributed by atoms with E-state index in [0.717, 1.165) is 6.54 Å². The quantitative estimate of drug-likeness (QED) is 0.622. The Kier molecular flexibility index (Phi) is 2.96. The van der Waals surface area contributed by atoms with Crippen LogP contribution in [0.15, 0.2) is 23.9 Å². The number of likely N-dealkylation sites (N-methyl/N-ethyl adjacent to an activating group) is 1. The van der Waals surface area contributed by atoms with Gasteiger partial charge >= 0.3 is 0 Å². The van der Waals surface area contributed by atoms with Crippen LogP contribution in [-0.2, 0) is 4.74 Å². The summed E-state index contributed by atoms with van der Waals surface area (Å²) in [6.07, 6.45) is 0. The van der Waals surface area contributed by atoms with Crippen molar-refractivity contribution in [3.8, 4) is 0 Å². The molecule has 0 radical (unpaired) electrons. The Morgan fingerprint density at radius 2 is 2.38 bits per heavy atom. The summed E-state index contributed by atoms with van der Waals surface area (Å²) in [4.78, 5) is 2.04. The van der Waals surface area contributed by atoms with Crippen molar-refractivity contribution < 1.29 is 9.13 Å². The van der Waals surface area contributed by atoms with Crippen molar-refractivity contribution in [1.29, 1.82) is 0 Å². The molecule has 0 saturated carbocycles. The van der Waals surface area contributed by atoms with Crippen LogP contribution in [0.5, 0.6) is 0 Å². The van der Waals surface area contributed by atoms with E-state index >= 15 is 0 Å². The maximum Gasteiger partial charge on any atom is 0.173 e. The van der Waals surface area contributed by atoms with Crippen molar-refractivity contribution in [2.45, 2.75) is 26.8 Å². The summed E-state index contributed by atoms with van der Waals surface area (Å²) in [5.41, 5.74) is 0.654. The lowest BCUT2D eigenvalue weighted by atomic mass is 10.2. The number of nitrogens with zero attached hydrogens (tertiary/aromatic N) is 1. The molecule has 0 aliphatic carbocycles. The fraction of sp³-hybridized carbons (Fsp3) is 0.600. The third-order valence-corrected chi connectivity index (χ3v) is 2.26. The molecule has 0 N–H and O–H groups in total. The fourth-order valence-electron chi connectivity index (χ4n) is 1.57. The molecular formula is C10H16FNO. The van der Waals surface area contributed by atoms with Crippen LogP contribution < -0.4 is 0 Å². The SMILES string of the molecule is C=C1/C(=C(\C)F)OCC(C)N1CC. The van der Waals surface area contributed by atoms with Gasteiger partial charge < -0.3 is 9.64 Å². The van der Waals surface area contributed by atoms with E-state index in [0.29, 0.717) is 18.1 Å². The summed E-state index contributed by atoms with van der Waals surface area (Å²) in [6, 6.07) is 0.278. The molecule has 1 heterocycles. The van der Waals surface area contributed by atoms with Gasteiger partial charge in [-0.2, -0.15) is 0 Å². The molecule has 1 aliphatic rings. The lowest BCUT2D eigenvalue weighted by molar-refractivity contribution is 0.0802. The molecular weight excluding hydrogens is 169 g/mol. The first kappa shape index (κ1) is 10.1. The highest BCUT2D eigenvalue weighted by Gasteiger charge is 2.25. The van der Waals surface area contributed by atoms with Gasteiger partial charge in [0, 0.05) is 6.54 Å². The van der Waals surface area contributed by atoms with Crippen molar-refractivity contribution >= 4 is 0 Å². The molecule has 0 aromatic heterocycles. The van der Waals surface area contributed by atoms with Gasteiger partial charge in [0.05, 0.1) is 11.7 Å². The van der Waals surface area contributed by atoms with Gasteiger partial charge in [-0.15, -0.1) is 0 Å². The van der Waals surface area contributed by atoms with Gasteiger partial charge in [-0.3, -0.25) is 0 Å². The molecule has 1 aliphatic heterocycles. The van der Waals surface area contributed by atoms with Gasteiger partial charge in [0.2, 0.25) is 0 Å². The van der Waals surface area contributed by atoms with Gasteiger partial charge in [-0.1, -0.05) is 6.58 Å². The molecule has 13 heavy (non-hydrogen) atoms.